The van der Waals surface area contributed by atoms with Crippen LogP contribution >= 0.6 is 12.2 Å². The number of nitrogens with two attached hydrogens (primary N) is 2. The number of carbonyl (C=O) groups excluding carboxylic acids is 2. The Bertz CT molecular complexity index is 280. The van der Waals surface area contributed by atoms with E-state index in [9.17, 15) is 9.59 Å². The van der Waals surface area contributed by atoms with Crippen LogP contribution in [0.3, 0.4) is 0 Å². The molecule has 14 heavy (non-hydrogen) atoms. The van der Waals surface area contributed by atoms with Crippen LogP contribution in [0.25, 0.3) is 0 Å². The highest BCUT2D eigenvalue weighted by molar-refractivity contribution is 7.80. The molecule has 5 nitrogen and oxygen atoms in total. The van der Waals surface area contributed by atoms with Crippen molar-refractivity contribution in [3.63, 3.8) is 0 Å². The molecule has 0 aromatic heterocycles. The fourth-order valence-electron chi connectivity index (χ4n) is 1.61. The molecule has 0 aliphatic carbocycles. The van der Waals surface area contributed by atoms with E-state index >= 15 is 0 Å². The van der Waals surface area contributed by atoms with Gasteiger partial charge in [-0.2, -0.15) is 0 Å². The third-order valence-electron chi connectivity index (χ3n) is 2.23. The maximum atomic E-state index is 11.5. The molecule has 1 aliphatic rings. The molecule has 0 radical (unpaired) electrons. The molecule has 78 valence electrons. The first-order valence-corrected chi connectivity index (χ1v) is 4.80. The molecule has 1 heterocycles. The van der Waals surface area contributed by atoms with E-state index in [2.05, 4.69) is 12.2 Å². The summed E-state index contributed by atoms with van der Waals surface area (Å²) in [5.74, 6) is -0.669. The quantitative estimate of drug-likeness (QED) is 0.599. The standard InChI is InChI=1S/C8H13N3O2S/c9-6(14)4-7(12)11-3-1-2-5(11)8(10)13/h5H,1-4H2,(H2,9,14)(H2,10,13). The molecule has 0 aromatic rings. The maximum absolute atomic E-state index is 11.5. The second-order valence-electron chi connectivity index (χ2n) is 3.29. The molecule has 1 aliphatic heterocycles. The minimum Gasteiger partial charge on any atom is -0.393 e. The summed E-state index contributed by atoms with van der Waals surface area (Å²) in [5.41, 5.74) is 10.4. The lowest BCUT2D eigenvalue weighted by molar-refractivity contribution is -0.136. The van der Waals surface area contributed by atoms with Gasteiger partial charge < -0.3 is 16.4 Å². The lowest BCUT2D eigenvalue weighted by atomic mass is 10.2. The molecule has 1 unspecified atom stereocenters. The topological polar surface area (TPSA) is 89.4 Å². The molecule has 0 aromatic carbocycles. The lowest BCUT2D eigenvalue weighted by Crippen LogP contribution is -2.44. The molecule has 1 rings (SSSR count). The van der Waals surface area contributed by atoms with Crippen molar-refractivity contribution in [2.24, 2.45) is 11.5 Å². The third kappa shape index (κ3) is 2.41. The van der Waals surface area contributed by atoms with Crippen LogP contribution in [-0.2, 0) is 9.59 Å². The van der Waals surface area contributed by atoms with Gasteiger partial charge in [-0.15, -0.1) is 0 Å². The van der Waals surface area contributed by atoms with Gasteiger partial charge in [-0.1, -0.05) is 12.2 Å². The van der Waals surface area contributed by atoms with Crippen molar-refractivity contribution in [2.45, 2.75) is 25.3 Å². The third-order valence-corrected chi connectivity index (χ3v) is 2.37. The number of carbonyl (C=O) groups is 2. The Morgan fingerprint density at radius 1 is 1.43 bits per heavy atom. The highest BCUT2D eigenvalue weighted by Crippen LogP contribution is 2.17. The van der Waals surface area contributed by atoms with Crippen LogP contribution in [0.5, 0.6) is 0 Å². The largest absolute Gasteiger partial charge is 0.393 e. The fourth-order valence-corrected chi connectivity index (χ4v) is 1.74. The zero-order chi connectivity index (χ0) is 10.7. The number of hydrogen-bond acceptors (Lipinski definition) is 3. The average Bonchev–Trinajstić information content (AvgIpc) is 2.49. The SMILES string of the molecule is NC(=O)C1CCCN1C(=O)CC(N)=S. The maximum Gasteiger partial charge on any atom is 0.240 e. The van der Waals surface area contributed by atoms with Gasteiger partial charge in [0.15, 0.2) is 0 Å². The number of likely N-dealkylation sites (tertiary alicyclic amines) is 1. The molecule has 0 bridgehead atoms. The van der Waals surface area contributed by atoms with Crippen LogP contribution in [0.1, 0.15) is 19.3 Å². The first-order valence-electron chi connectivity index (χ1n) is 4.39. The Balaban J connectivity index is 2.62. The summed E-state index contributed by atoms with van der Waals surface area (Å²) in [4.78, 5) is 24.1. The van der Waals surface area contributed by atoms with Crippen molar-refractivity contribution < 1.29 is 9.59 Å². The van der Waals surface area contributed by atoms with E-state index in [-0.39, 0.29) is 17.3 Å². The fraction of sp³-hybridized carbons (Fsp3) is 0.625. The molecule has 6 heteroatoms. The van der Waals surface area contributed by atoms with Crippen molar-refractivity contribution >= 4 is 29.0 Å². The second kappa shape index (κ2) is 4.36. The zero-order valence-electron chi connectivity index (χ0n) is 7.73. The smallest absolute Gasteiger partial charge is 0.240 e. The van der Waals surface area contributed by atoms with Crippen LogP contribution in [-0.4, -0.2) is 34.3 Å². The summed E-state index contributed by atoms with van der Waals surface area (Å²) in [6.07, 6.45) is 1.45. The van der Waals surface area contributed by atoms with Crippen molar-refractivity contribution in [3.8, 4) is 0 Å². The molecule has 1 saturated heterocycles. The van der Waals surface area contributed by atoms with E-state index in [4.69, 9.17) is 11.5 Å². The molecule has 1 atom stereocenters. The summed E-state index contributed by atoms with van der Waals surface area (Å²) in [6, 6.07) is -0.475. The van der Waals surface area contributed by atoms with Gasteiger partial charge in [0.25, 0.3) is 0 Å². The van der Waals surface area contributed by atoms with Crippen LogP contribution in [0.15, 0.2) is 0 Å². The lowest BCUT2D eigenvalue weighted by Gasteiger charge is -2.21. The van der Waals surface area contributed by atoms with Gasteiger partial charge in [-0.05, 0) is 12.8 Å². The van der Waals surface area contributed by atoms with Crippen molar-refractivity contribution in [1.82, 2.24) is 4.90 Å². The number of primary amides is 1. The molecule has 1 fully saturated rings. The summed E-state index contributed by atoms with van der Waals surface area (Å²) in [6.45, 7) is 0.565. The minimum atomic E-state index is -0.475. The Labute approximate surface area is 87.4 Å². The summed E-state index contributed by atoms with van der Waals surface area (Å²) in [5, 5.41) is 0. The highest BCUT2D eigenvalue weighted by Gasteiger charge is 2.32. The first-order chi connectivity index (χ1) is 6.52. The number of nitrogens with zero attached hydrogens (tertiary/aromatic N) is 1. The summed E-state index contributed by atoms with van der Waals surface area (Å²) < 4.78 is 0. The van der Waals surface area contributed by atoms with Crippen molar-refractivity contribution in [1.29, 1.82) is 0 Å². The van der Waals surface area contributed by atoms with E-state index in [1.54, 1.807) is 0 Å². The van der Waals surface area contributed by atoms with Gasteiger partial charge in [-0.25, -0.2) is 0 Å². The van der Waals surface area contributed by atoms with Gasteiger partial charge in [0, 0.05) is 6.54 Å². The molecule has 2 amide bonds. The predicted octanol–water partition coefficient (Wildman–Crippen LogP) is -0.861. The Hall–Kier alpha value is -1.17. The van der Waals surface area contributed by atoms with Gasteiger partial charge in [0.1, 0.15) is 6.04 Å². The Morgan fingerprint density at radius 3 is 2.57 bits per heavy atom. The van der Waals surface area contributed by atoms with Gasteiger partial charge in [0.2, 0.25) is 11.8 Å². The molecule has 4 N–H and O–H groups in total. The van der Waals surface area contributed by atoms with E-state index in [0.29, 0.717) is 13.0 Å². The number of hydrogen-bond donors (Lipinski definition) is 2. The van der Waals surface area contributed by atoms with E-state index in [1.165, 1.54) is 4.90 Å². The summed E-state index contributed by atoms with van der Waals surface area (Å²) >= 11 is 4.63. The van der Waals surface area contributed by atoms with Crippen molar-refractivity contribution in [3.05, 3.63) is 0 Å². The van der Waals surface area contributed by atoms with E-state index < -0.39 is 11.9 Å². The Morgan fingerprint density at radius 2 is 2.07 bits per heavy atom. The molecule has 0 saturated carbocycles. The van der Waals surface area contributed by atoms with Crippen molar-refractivity contribution in [2.75, 3.05) is 6.54 Å². The summed E-state index contributed by atoms with van der Waals surface area (Å²) in [7, 11) is 0. The van der Waals surface area contributed by atoms with Gasteiger partial charge in [0.05, 0.1) is 11.4 Å². The number of thiocarbonyl (C=S) groups is 1. The monoisotopic (exact) mass is 215 g/mol. The van der Waals surface area contributed by atoms with E-state index in [0.717, 1.165) is 6.42 Å². The average molecular weight is 215 g/mol. The number of amides is 2. The first kappa shape index (κ1) is 10.9. The van der Waals surface area contributed by atoms with Crippen LogP contribution in [0, 0.1) is 0 Å². The highest BCUT2D eigenvalue weighted by atomic mass is 32.1. The van der Waals surface area contributed by atoms with Crippen LogP contribution in [0.4, 0.5) is 0 Å². The Kier molecular flexibility index (Phi) is 3.40. The predicted molar refractivity (Wildman–Crippen MR) is 55.3 cm³/mol. The van der Waals surface area contributed by atoms with Crippen LogP contribution in [0.2, 0.25) is 0 Å². The normalized spacial score (nSPS) is 20.9. The van der Waals surface area contributed by atoms with Gasteiger partial charge in [-0.3, -0.25) is 9.59 Å². The van der Waals surface area contributed by atoms with Crippen LogP contribution < -0.4 is 11.5 Å². The molecular formula is C8H13N3O2S. The minimum absolute atomic E-state index is 0.0130. The number of rotatable bonds is 3. The van der Waals surface area contributed by atoms with E-state index in [1.807, 2.05) is 0 Å². The molecular weight excluding hydrogens is 202 g/mol. The second-order valence-corrected chi connectivity index (χ2v) is 3.81. The zero-order valence-corrected chi connectivity index (χ0v) is 8.55. The molecule has 0 spiro atoms. The van der Waals surface area contributed by atoms with Gasteiger partial charge >= 0.3 is 0 Å².